The van der Waals surface area contributed by atoms with Gasteiger partial charge in [-0.25, -0.2) is 0 Å². The van der Waals surface area contributed by atoms with Gasteiger partial charge in [0.2, 0.25) is 0 Å². The molecule has 0 unspecified atom stereocenters. The Bertz CT molecular complexity index is 152. The molecule has 0 rings (SSSR count). The van der Waals surface area contributed by atoms with Crippen LogP contribution in [0.3, 0.4) is 0 Å². The third-order valence-electron chi connectivity index (χ3n) is 1.34. The van der Waals surface area contributed by atoms with Crippen LogP contribution < -0.4 is 0 Å². The summed E-state index contributed by atoms with van der Waals surface area (Å²) < 4.78 is 0. The highest BCUT2D eigenvalue weighted by atomic mass is 16.3. The Hall–Kier alpha value is -0.320. The summed E-state index contributed by atoms with van der Waals surface area (Å²) in [6.45, 7) is 12.2. The van der Waals surface area contributed by atoms with Crippen LogP contribution >= 0.6 is 0 Å². The second-order valence-electron chi connectivity index (χ2n) is 6.51. The normalized spacial score (nSPS) is 10.1. The lowest BCUT2D eigenvalue weighted by Gasteiger charge is -2.23. The highest BCUT2D eigenvalue weighted by molar-refractivity contribution is 4.74. The van der Waals surface area contributed by atoms with Crippen molar-refractivity contribution in [2.45, 2.75) is 79.8 Å². The Morgan fingerprint density at radius 2 is 0.520 bits per heavy atom. The quantitative estimate of drug-likeness (QED) is 0.325. The van der Waals surface area contributed by atoms with Crippen molar-refractivity contribution in [1.82, 2.24) is 0 Å². The first-order valence-electron chi connectivity index (χ1n) is 8.33. The molecule has 0 heterocycles. The van der Waals surface area contributed by atoms with Crippen LogP contribution in [-0.4, -0.2) is 91.7 Å². The van der Waals surface area contributed by atoms with Gasteiger partial charge in [-0.05, 0) is 55.4 Å². The van der Waals surface area contributed by atoms with E-state index in [1.165, 1.54) is 0 Å². The number of hydrogen-bond donors (Lipinski definition) is 8. The number of rotatable bonds is 4. The number of hydrogen-bond acceptors (Lipinski definition) is 8. The highest BCUT2D eigenvalue weighted by Crippen LogP contribution is 2.11. The standard InChI is InChI=1S/C5H12O4.4C3H8O/c6-1-5(2-7,3-8)4-9;4*1-3(2)4/h6-9H,1-4H2;4*3-4H,1-2H3. The molecule has 0 aliphatic heterocycles. The first-order chi connectivity index (χ1) is 11.2. The van der Waals surface area contributed by atoms with Gasteiger partial charge >= 0.3 is 0 Å². The molecule has 0 amide bonds. The van der Waals surface area contributed by atoms with Gasteiger partial charge in [0.05, 0.1) is 31.8 Å². The summed E-state index contributed by atoms with van der Waals surface area (Å²) in [4.78, 5) is 0. The fraction of sp³-hybridized carbons (Fsp3) is 1.00. The van der Waals surface area contributed by atoms with Crippen LogP contribution in [0.25, 0.3) is 0 Å². The molecule has 0 bridgehead atoms. The molecule has 0 radical (unpaired) electrons. The topological polar surface area (TPSA) is 162 Å². The third-order valence-corrected chi connectivity index (χ3v) is 1.34. The SMILES string of the molecule is CC(C)O.CC(C)O.CC(C)O.CC(C)O.OCC(CO)(CO)CO. The molecular formula is C17H44O8. The molecule has 8 nitrogen and oxygen atoms in total. The minimum atomic E-state index is -1.11. The zero-order valence-corrected chi connectivity index (χ0v) is 17.2. The lowest BCUT2D eigenvalue weighted by atomic mass is 9.93. The van der Waals surface area contributed by atoms with Crippen molar-refractivity contribution < 1.29 is 40.9 Å². The molecule has 0 spiro atoms. The summed E-state index contributed by atoms with van der Waals surface area (Å²) in [7, 11) is 0. The Morgan fingerprint density at radius 1 is 0.440 bits per heavy atom. The zero-order chi connectivity index (χ0) is 21.6. The maximum Gasteiger partial charge on any atom is 0.0627 e. The van der Waals surface area contributed by atoms with Crippen molar-refractivity contribution in [2.75, 3.05) is 26.4 Å². The lowest BCUT2D eigenvalue weighted by molar-refractivity contribution is -0.0328. The minimum Gasteiger partial charge on any atom is -0.396 e. The Balaban J connectivity index is -0.0000000714. The first-order valence-corrected chi connectivity index (χ1v) is 8.33. The first kappa shape index (κ1) is 35.7. The molecule has 0 atom stereocenters. The van der Waals surface area contributed by atoms with Crippen LogP contribution in [0.15, 0.2) is 0 Å². The van der Waals surface area contributed by atoms with Gasteiger partial charge in [0, 0.05) is 24.4 Å². The molecule has 8 N–H and O–H groups in total. The highest BCUT2D eigenvalue weighted by Gasteiger charge is 2.26. The monoisotopic (exact) mass is 376 g/mol. The average molecular weight is 377 g/mol. The largest absolute Gasteiger partial charge is 0.396 e. The van der Waals surface area contributed by atoms with Crippen molar-refractivity contribution >= 4 is 0 Å². The Labute approximate surface area is 153 Å². The molecule has 25 heavy (non-hydrogen) atoms. The van der Waals surface area contributed by atoms with Crippen LogP contribution in [0.4, 0.5) is 0 Å². The second-order valence-corrected chi connectivity index (χ2v) is 6.51. The minimum absolute atomic E-state index is 0.167. The van der Waals surface area contributed by atoms with Gasteiger partial charge in [-0.1, -0.05) is 0 Å². The van der Waals surface area contributed by atoms with E-state index in [1.807, 2.05) is 0 Å². The van der Waals surface area contributed by atoms with Crippen molar-refractivity contribution in [2.24, 2.45) is 5.41 Å². The summed E-state index contributed by atoms with van der Waals surface area (Å²) in [6, 6.07) is 0. The van der Waals surface area contributed by atoms with Crippen molar-refractivity contribution in [3.05, 3.63) is 0 Å². The zero-order valence-electron chi connectivity index (χ0n) is 17.2. The van der Waals surface area contributed by atoms with Crippen LogP contribution in [0.1, 0.15) is 55.4 Å². The maximum absolute atomic E-state index is 8.50. The number of aliphatic hydroxyl groups excluding tert-OH is 8. The van der Waals surface area contributed by atoms with Crippen molar-refractivity contribution in [3.63, 3.8) is 0 Å². The van der Waals surface area contributed by atoms with E-state index in [4.69, 9.17) is 40.9 Å². The molecule has 0 fully saturated rings. The predicted molar refractivity (Wildman–Crippen MR) is 100 cm³/mol. The summed E-state index contributed by atoms with van der Waals surface area (Å²) in [5.41, 5.74) is -1.11. The van der Waals surface area contributed by atoms with E-state index in [1.54, 1.807) is 55.4 Å². The van der Waals surface area contributed by atoms with E-state index in [2.05, 4.69) is 0 Å². The Morgan fingerprint density at radius 3 is 0.520 bits per heavy atom. The molecule has 0 aromatic rings. The van der Waals surface area contributed by atoms with Crippen LogP contribution in [-0.2, 0) is 0 Å². The fourth-order valence-corrected chi connectivity index (χ4v) is 0.300. The maximum atomic E-state index is 8.50. The number of aliphatic hydroxyl groups is 8. The van der Waals surface area contributed by atoms with Gasteiger partial charge in [0.1, 0.15) is 0 Å². The third kappa shape index (κ3) is 81.6. The van der Waals surface area contributed by atoms with E-state index in [0.717, 1.165) is 0 Å². The molecule has 0 aliphatic carbocycles. The van der Waals surface area contributed by atoms with Crippen molar-refractivity contribution in [1.29, 1.82) is 0 Å². The molecular weight excluding hydrogens is 332 g/mol. The van der Waals surface area contributed by atoms with Gasteiger partial charge in [-0.3, -0.25) is 0 Å². The molecule has 0 aromatic carbocycles. The smallest absolute Gasteiger partial charge is 0.0627 e. The van der Waals surface area contributed by atoms with Gasteiger partial charge in [-0.15, -0.1) is 0 Å². The van der Waals surface area contributed by atoms with Gasteiger partial charge in [0.25, 0.3) is 0 Å². The fourth-order valence-electron chi connectivity index (χ4n) is 0.300. The average Bonchev–Trinajstić information content (AvgIpc) is 2.39. The van der Waals surface area contributed by atoms with Crippen LogP contribution in [0, 0.1) is 5.41 Å². The molecule has 0 saturated heterocycles. The van der Waals surface area contributed by atoms with Crippen molar-refractivity contribution in [3.8, 4) is 0 Å². The molecule has 8 heteroatoms. The molecule has 0 aromatic heterocycles. The summed E-state index contributed by atoms with van der Waals surface area (Å²) in [5.74, 6) is 0. The van der Waals surface area contributed by atoms with E-state index in [-0.39, 0.29) is 24.4 Å². The van der Waals surface area contributed by atoms with Gasteiger partial charge in [0.15, 0.2) is 0 Å². The van der Waals surface area contributed by atoms with E-state index in [0.29, 0.717) is 0 Å². The van der Waals surface area contributed by atoms with E-state index < -0.39 is 31.8 Å². The van der Waals surface area contributed by atoms with Gasteiger partial charge in [-0.2, -0.15) is 0 Å². The summed E-state index contributed by atoms with van der Waals surface area (Å²) >= 11 is 0. The molecule has 160 valence electrons. The van der Waals surface area contributed by atoms with E-state index in [9.17, 15) is 0 Å². The lowest BCUT2D eigenvalue weighted by Crippen LogP contribution is -2.37. The van der Waals surface area contributed by atoms with Crippen LogP contribution in [0.2, 0.25) is 0 Å². The summed E-state index contributed by atoms with van der Waals surface area (Å²) in [6.07, 6.45) is -0.667. The van der Waals surface area contributed by atoms with E-state index >= 15 is 0 Å². The van der Waals surface area contributed by atoms with Gasteiger partial charge < -0.3 is 40.9 Å². The van der Waals surface area contributed by atoms with Crippen LogP contribution in [0.5, 0.6) is 0 Å². The summed E-state index contributed by atoms with van der Waals surface area (Å²) in [5, 5.41) is 66.2. The predicted octanol–water partition coefficient (Wildman–Crippen LogP) is -0.510. The molecule has 0 aliphatic rings. The molecule has 0 saturated carbocycles. The Kier molecular flexibility index (Phi) is 37.0. The second kappa shape index (κ2) is 25.9.